The maximum Gasteiger partial charge on any atom is 0.159 e. The third-order valence-electron chi connectivity index (χ3n) is 4.60. The highest BCUT2D eigenvalue weighted by Crippen LogP contribution is 2.47. The molecule has 0 aliphatic heterocycles. The van der Waals surface area contributed by atoms with Crippen molar-refractivity contribution >= 4 is 0 Å². The molecule has 2 fully saturated rings. The summed E-state index contributed by atoms with van der Waals surface area (Å²) in [7, 11) is 0. The quantitative estimate of drug-likeness (QED) is 0.863. The number of hydrogen-bond donors (Lipinski definition) is 1. The summed E-state index contributed by atoms with van der Waals surface area (Å²) in [5.41, 5.74) is 0.817. The Morgan fingerprint density at radius 2 is 2.00 bits per heavy atom. The molecule has 18 heavy (non-hydrogen) atoms. The molecular weight excluding hydrogens is 232 g/mol. The summed E-state index contributed by atoms with van der Waals surface area (Å²) in [6.07, 6.45) is 5.58. The molecule has 0 aromatic heterocycles. The molecule has 2 bridgehead atoms. The van der Waals surface area contributed by atoms with Gasteiger partial charge in [-0.05, 0) is 61.3 Å². The highest BCUT2D eigenvalue weighted by molar-refractivity contribution is 5.17. The van der Waals surface area contributed by atoms with Gasteiger partial charge in [0.2, 0.25) is 0 Å². The van der Waals surface area contributed by atoms with Gasteiger partial charge in [0.05, 0.1) is 0 Å². The zero-order chi connectivity index (χ0) is 12.5. The van der Waals surface area contributed by atoms with Gasteiger partial charge in [-0.15, -0.1) is 0 Å². The molecule has 1 N–H and O–H groups in total. The van der Waals surface area contributed by atoms with Crippen LogP contribution in [0, 0.1) is 29.4 Å². The monoisotopic (exact) mass is 251 g/mol. The van der Waals surface area contributed by atoms with E-state index in [1.807, 2.05) is 0 Å². The van der Waals surface area contributed by atoms with E-state index in [9.17, 15) is 8.78 Å². The molecule has 0 amide bonds. The normalized spacial score (nSPS) is 30.0. The van der Waals surface area contributed by atoms with E-state index < -0.39 is 11.6 Å². The fourth-order valence-corrected chi connectivity index (χ4v) is 3.68. The van der Waals surface area contributed by atoms with Crippen LogP contribution in [0.15, 0.2) is 18.2 Å². The van der Waals surface area contributed by atoms with Crippen LogP contribution in [0.1, 0.15) is 31.2 Å². The molecule has 2 aliphatic rings. The first kappa shape index (κ1) is 12.1. The van der Waals surface area contributed by atoms with Crippen molar-refractivity contribution in [2.45, 2.75) is 32.2 Å². The molecule has 0 radical (unpaired) electrons. The highest BCUT2D eigenvalue weighted by Gasteiger charge is 2.38. The number of halogens is 2. The molecule has 1 aromatic carbocycles. The maximum atomic E-state index is 13.0. The Morgan fingerprint density at radius 1 is 1.11 bits per heavy atom. The van der Waals surface area contributed by atoms with Crippen molar-refractivity contribution in [3.05, 3.63) is 35.4 Å². The average Bonchev–Trinajstić information content (AvgIpc) is 2.96. The van der Waals surface area contributed by atoms with Crippen molar-refractivity contribution in [2.24, 2.45) is 17.8 Å². The van der Waals surface area contributed by atoms with Gasteiger partial charge in [-0.1, -0.05) is 12.5 Å². The molecule has 0 heterocycles. The van der Waals surface area contributed by atoms with Gasteiger partial charge in [-0.25, -0.2) is 8.78 Å². The van der Waals surface area contributed by atoms with E-state index in [2.05, 4.69) is 5.32 Å². The van der Waals surface area contributed by atoms with Crippen LogP contribution < -0.4 is 5.32 Å². The fraction of sp³-hybridized carbons (Fsp3) is 0.600. The first-order valence-electron chi connectivity index (χ1n) is 6.87. The molecule has 1 aromatic rings. The van der Waals surface area contributed by atoms with E-state index in [4.69, 9.17) is 0 Å². The lowest BCUT2D eigenvalue weighted by Gasteiger charge is -2.21. The molecule has 1 nitrogen and oxygen atoms in total. The second kappa shape index (κ2) is 4.96. The number of nitrogens with one attached hydrogen (secondary N) is 1. The topological polar surface area (TPSA) is 12.0 Å². The predicted octanol–water partition coefficient (Wildman–Crippen LogP) is 3.49. The van der Waals surface area contributed by atoms with E-state index in [0.29, 0.717) is 6.54 Å². The van der Waals surface area contributed by atoms with Crippen molar-refractivity contribution in [1.29, 1.82) is 0 Å². The Labute approximate surface area is 107 Å². The molecule has 3 atom stereocenters. The summed E-state index contributed by atoms with van der Waals surface area (Å²) in [4.78, 5) is 0. The minimum atomic E-state index is -0.771. The number of hydrogen-bond acceptors (Lipinski definition) is 1. The van der Waals surface area contributed by atoms with Gasteiger partial charge < -0.3 is 5.32 Å². The first-order valence-corrected chi connectivity index (χ1v) is 6.87. The maximum absolute atomic E-state index is 13.0. The van der Waals surface area contributed by atoms with Crippen LogP contribution in [0.25, 0.3) is 0 Å². The lowest BCUT2D eigenvalue weighted by atomic mass is 9.89. The van der Waals surface area contributed by atoms with Crippen LogP contribution in [0.4, 0.5) is 8.78 Å². The molecule has 0 saturated heterocycles. The molecule has 0 spiro atoms. The zero-order valence-electron chi connectivity index (χ0n) is 10.5. The Hall–Kier alpha value is -0.960. The Kier molecular flexibility index (Phi) is 3.33. The molecule has 2 saturated carbocycles. The second-order valence-corrected chi connectivity index (χ2v) is 5.81. The smallest absolute Gasteiger partial charge is 0.159 e. The van der Waals surface area contributed by atoms with E-state index in [1.54, 1.807) is 6.07 Å². The average molecular weight is 251 g/mol. The van der Waals surface area contributed by atoms with Gasteiger partial charge in [0.1, 0.15) is 0 Å². The lowest BCUT2D eigenvalue weighted by molar-refractivity contribution is 0.318. The summed E-state index contributed by atoms with van der Waals surface area (Å²) in [6, 6.07) is 4.12. The molecule has 2 aliphatic carbocycles. The van der Waals surface area contributed by atoms with Crippen LogP contribution in [-0.2, 0) is 6.54 Å². The standard InChI is InChI=1S/C15H19F2N/c16-14-4-2-11(7-15(14)17)8-18-9-13-6-10-1-3-12(13)5-10/h2,4,7,10,12-13,18H,1,3,5-6,8-9H2. The third kappa shape index (κ3) is 2.41. The zero-order valence-corrected chi connectivity index (χ0v) is 10.5. The lowest BCUT2D eigenvalue weighted by Crippen LogP contribution is -2.26. The highest BCUT2D eigenvalue weighted by atomic mass is 19.2. The second-order valence-electron chi connectivity index (χ2n) is 5.81. The van der Waals surface area contributed by atoms with Crippen molar-refractivity contribution in [2.75, 3.05) is 6.54 Å². The first-order chi connectivity index (χ1) is 8.72. The largest absolute Gasteiger partial charge is 0.312 e. The van der Waals surface area contributed by atoms with Crippen LogP contribution in [-0.4, -0.2) is 6.54 Å². The predicted molar refractivity (Wildman–Crippen MR) is 67.0 cm³/mol. The van der Waals surface area contributed by atoms with Crippen molar-refractivity contribution in [3.8, 4) is 0 Å². The summed E-state index contributed by atoms with van der Waals surface area (Å²) in [6.45, 7) is 1.64. The number of benzene rings is 1. The minimum absolute atomic E-state index is 0.630. The number of rotatable bonds is 4. The van der Waals surface area contributed by atoms with Crippen molar-refractivity contribution in [1.82, 2.24) is 5.32 Å². The van der Waals surface area contributed by atoms with Crippen LogP contribution in [0.3, 0.4) is 0 Å². The Morgan fingerprint density at radius 3 is 2.67 bits per heavy atom. The van der Waals surface area contributed by atoms with Crippen LogP contribution in [0.5, 0.6) is 0 Å². The third-order valence-corrected chi connectivity index (χ3v) is 4.60. The van der Waals surface area contributed by atoms with Crippen LogP contribution >= 0.6 is 0 Å². The van der Waals surface area contributed by atoms with E-state index in [-0.39, 0.29) is 0 Å². The molecular formula is C15H19F2N. The van der Waals surface area contributed by atoms with Gasteiger partial charge in [-0.3, -0.25) is 0 Å². The molecule has 98 valence electrons. The molecule has 3 unspecified atom stereocenters. The van der Waals surface area contributed by atoms with Gasteiger partial charge in [0, 0.05) is 6.54 Å². The van der Waals surface area contributed by atoms with Gasteiger partial charge >= 0.3 is 0 Å². The summed E-state index contributed by atoms with van der Waals surface area (Å²) >= 11 is 0. The molecule has 3 heteroatoms. The van der Waals surface area contributed by atoms with Crippen molar-refractivity contribution in [3.63, 3.8) is 0 Å². The molecule has 3 rings (SSSR count). The summed E-state index contributed by atoms with van der Waals surface area (Å²) in [5, 5.41) is 3.39. The minimum Gasteiger partial charge on any atom is -0.312 e. The number of fused-ring (bicyclic) bond motifs is 2. The van der Waals surface area contributed by atoms with E-state index in [1.165, 1.54) is 37.8 Å². The SMILES string of the molecule is Fc1ccc(CNCC2CC3CCC2C3)cc1F. The van der Waals surface area contributed by atoms with Gasteiger partial charge in [0.15, 0.2) is 11.6 Å². The van der Waals surface area contributed by atoms with E-state index >= 15 is 0 Å². The summed E-state index contributed by atoms with van der Waals surface area (Å²) < 4.78 is 25.8. The summed E-state index contributed by atoms with van der Waals surface area (Å²) in [5.74, 6) is 1.15. The van der Waals surface area contributed by atoms with E-state index in [0.717, 1.165) is 29.9 Å². The fourth-order valence-electron chi connectivity index (χ4n) is 3.68. The Bertz CT molecular complexity index is 433. The van der Waals surface area contributed by atoms with Gasteiger partial charge in [0.25, 0.3) is 0 Å². The van der Waals surface area contributed by atoms with Crippen molar-refractivity contribution < 1.29 is 8.78 Å². The van der Waals surface area contributed by atoms with Gasteiger partial charge in [-0.2, -0.15) is 0 Å². The van der Waals surface area contributed by atoms with Crippen LogP contribution in [0.2, 0.25) is 0 Å². The Balaban J connectivity index is 1.48.